The number of urea groups is 1. The third-order valence-corrected chi connectivity index (χ3v) is 8.80. The number of para-hydroxylation sites is 1. The van der Waals surface area contributed by atoms with Crippen molar-refractivity contribution in [3.8, 4) is 0 Å². The van der Waals surface area contributed by atoms with Crippen LogP contribution in [0.3, 0.4) is 0 Å². The number of hydrogen-bond donors (Lipinski definition) is 3. The quantitative estimate of drug-likeness (QED) is 0.426. The van der Waals surface area contributed by atoms with Crippen LogP contribution in [0.25, 0.3) is 0 Å². The van der Waals surface area contributed by atoms with E-state index in [0.717, 1.165) is 30.5 Å². The van der Waals surface area contributed by atoms with Gasteiger partial charge in [0.25, 0.3) is 0 Å². The fourth-order valence-electron chi connectivity index (χ4n) is 5.11. The van der Waals surface area contributed by atoms with Crippen LogP contribution in [0, 0.1) is 10.1 Å². The molecule has 2 amide bonds. The average molecular weight is 503 g/mol. The lowest BCUT2D eigenvalue weighted by Gasteiger charge is -2.42. The zero-order chi connectivity index (χ0) is 24.6. The van der Waals surface area contributed by atoms with E-state index in [9.17, 15) is 24.0 Å². The van der Waals surface area contributed by atoms with Crippen LogP contribution in [0.1, 0.15) is 18.4 Å². The van der Waals surface area contributed by atoms with Crippen molar-refractivity contribution >= 4 is 39.5 Å². The zero-order valence-electron chi connectivity index (χ0n) is 19.4. The number of amides is 2. The van der Waals surface area contributed by atoms with Gasteiger partial charge in [-0.3, -0.25) is 19.2 Å². The molecule has 1 aromatic heterocycles. The highest BCUT2D eigenvalue weighted by Crippen LogP contribution is 2.43. The zero-order valence-corrected chi connectivity index (χ0v) is 20.2. The Bertz CT molecular complexity index is 1110. The van der Waals surface area contributed by atoms with Gasteiger partial charge in [-0.15, -0.1) is 0 Å². The van der Waals surface area contributed by atoms with Crippen LogP contribution in [0.2, 0.25) is 0 Å². The summed E-state index contributed by atoms with van der Waals surface area (Å²) in [6.45, 7) is 2.74. The molecule has 2 aromatic rings. The van der Waals surface area contributed by atoms with Gasteiger partial charge in [-0.1, -0.05) is 18.2 Å². The van der Waals surface area contributed by atoms with Crippen LogP contribution in [0.5, 0.6) is 0 Å². The molecule has 2 saturated heterocycles. The van der Waals surface area contributed by atoms with Crippen molar-refractivity contribution in [3.63, 3.8) is 0 Å². The number of pyridine rings is 1. The van der Waals surface area contributed by atoms with Crippen molar-refractivity contribution in [3.05, 3.63) is 52.2 Å². The van der Waals surface area contributed by atoms with Crippen molar-refractivity contribution in [1.82, 2.24) is 9.88 Å². The van der Waals surface area contributed by atoms with Crippen LogP contribution in [-0.2, 0) is 6.42 Å². The van der Waals surface area contributed by atoms with E-state index >= 15 is 0 Å². The Morgan fingerprint density at radius 3 is 2.49 bits per heavy atom. The van der Waals surface area contributed by atoms with Crippen molar-refractivity contribution in [1.29, 1.82) is 0 Å². The Kier molecular flexibility index (Phi) is 6.43. The first kappa shape index (κ1) is 23.6. The molecule has 3 aliphatic heterocycles. The number of nitrogens with zero attached hydrogens (tertiary/aromatic N) is 5. The Balaban J connectivity index is 1.27. The maximum Gasteiger partial charge on any atom is 0.322 e. The number of fused-ring (bicyclic) bond motifs is 1. The number of nitrogens with one attached hydrogen (secondary N) is 1. The predicted octanol–water partition coefficient (Wildman–Crippen LogP) is 3.62. The highest BCUT2D eigenvalue weighted by Gasteiger charge is 2.32. The Morgan fingerprint density at radius 1 is 1.06 bits per heavy atom. The molecule has 0 saturated carbocycles. The molecule has 0 radical (unpaired) electrons. The number of rotatable bonds is 4. The maximum atomic E-state index is 12.9. The summed E-state index contributed by atoms with van der Waals surface area (Å²) in [4.78, 5) is 34.3. The SMILES string of the molecule is O=C1Nc2ccccc2CCN1C1CCN(c2cc(N3CCS(O)(O)CC3)c([N+](=O)[O-])cn2)CC1. The van der Waals surface area contributed by atoms with E-state index < -0.39 is 15.5 Å². The van der Waals surface area contributed by atoms with Gasteiger partial charge in [0.15, 0.2) is 0 Å². The first-order valence-electron chi connectivity index (χ1n) is 11.8. The molecule has 0 bridgehead atoms. The molecule has 5 rings (SSSR count). The minimum Gasteiger partial charge on any atom is -0.363 e. The van der Waals surface area contributed by atoms with E-state index in [1.165, 1.54) is 6.20 Å². The van der Waals surface area contributed by atoms with E-state index in [1.807, 2.05) is 34.1 Å². The summed E-state index contributed by atoms with van der Waals surface area (Å²) >= 11 is 0. The summed E-state index contributed by atoms with van der Waals surface area (Å²) in [5.74, 6) is 1.07. The summed E-state index contributed by atoms with van der Waals surface area (Å²) < 4.78 is 19.8. The molecule has 188 valence electrons. The summed E-state index contributed by atoms with van der Waals surface area (Å²) in [5.41, 5.74) is 2.39. The van der Waals surface area contributed by atoms with Gasteiger partial charge in [-0.2, -0.15) is 10.6 Å². The monoisotopic (exact) mass is 502 g/mol. The minimum absolute atomic E-state index is 0.0692. The van der Waals surface area contributed by atoms with E-state index in [0.29, 0.717) is 44.2 Å². The van der Waals surface area contributed by atoms with Gasteiger partial charge in [-0.25, -0.2) is 9.78 Å². The number of carbonyl (C=O) groups excluding carboxylic acids is 1. The van der Waals surface area contributed by atoms with Gasteiger partial charge >= 0.3 is 11.7 Å². The van der Waals surface area contributed by atoms with Crippen LogP contribution in [0.15, 0.2) is 36.5 Å². The second-order valence-electron chi connectivity index (χ2n) is 9.23. The largest absolute Gasteiger partial charge is 0.363 e. The maximum absolute atomic E-state index is 12.9. The third kappa shape index (κ3) is 5.00. The summed E-state index contributed by atoms with van der Waals surface area (Å²) in [7, 11) is -2.60. The molecule has 4 heterocycles. The van der Waals surface area contributed by atoms with E-state index in [4.69, 9.17) is 0 Å². The Labute approximate surface area is 205 Å². The molecule has 0 aliphatic carbocycles. The molecule has 1 aromatic carbocycles. The highest BCUT2D eigenvalue weighted by molar-refractivity contribution is 8.24. The molecule has 11 nitrogen and oxygen atoms in total. The second-order valence-corrected chi connectivity index (χ2v) is 11.7. The molecule has 0 atom stereocenters. The van der Waals surface area contributed by atoms with Gasteiger partial charge in [-0.05, 0) is 30.9 Å². The van der Waals surface area contributed by atoms with Gasteiger partial charge in [0.2, 0.25) is 0 Å². The number of nitro groups is 1. The molecule has 0 spiro atoms. The van der Waals surface area contributed by atoms with Crippen LogP contribution < -0.4 is 15.1 Å². The number of benzene rings is 1. The van der Waals surface area contributed by atoms with Crippen LogP contribution in [0.4, 0.5) is 27.7 Å². The van der Waals surface area contributed by atoms with Gasteiger partial charge in [0.05, 0.1) is 16.4 Å². The fourth-order valence-corrected chi connectivity index (χ4v) is 6.34. The van der Waals surface area contributed by atoms with Gasteiger partial charge in [0, 0.05) is 50.5 Å². The van der Waals surface area contributed by atoms with Crippen molar-refractivity contribution < 1.29 is 18.8 Å². The topological polar surface area (TPSA) is 135 Å². The lowest BCUT2D eigenvalue weighted by Crippen LogP contribution is -2.49. The van der Waals surface area contributed by atoms with Gasteiger partial charge < -0.3 is 20.0 Å². The highest BCUT2D eigenvalue weighted by atomic mass is 32.3. The Hall–Kier alpha value is -3.09. The number of carbonyl (C=O) groups is 1. The molecule has 12 heteroatoms. The summed E-state index contributed by atoms with van der Waals surface area (Å²) in [6.07, 6.45) is 3.66. The van der Waals surface area contributed by atoms with E-state index in [-0.39, 0.29) is 29.3 Å². The van der Waals surface area contributed by atoms with Gasteiger partial charge in [0.1, 0.15) is 17.7 Å². The molecular weight excluding hydrogens is 472 g/mol. The molecule has 2 fully saturated rings. The van der Waals surface area contributed by atoms with Crippen LogP contribution in [-0.4, -0.2) is 80.2 Å². The third-order valence-electron chi connectivity index (χ3n) is 7.13. The molecule has 0 unspecified atom stereocenters. The number of piperidine rings is 1. The minimum atomic E-state index is -2.60. The summed E-state index contributed by atoms with van der Waals surface area (Å²) in [5, 5.41) is 14.7. The number of aromatic nitrogens is 1. The lowest BCUT2D eigenvalue weighted by molar-refractivity contribution is -0.384. The first-order valence-corrected chi connectivity index (χ1v) is 13.7. The molecule has 3 aliphatic rings. The number of anilines is 3. The fraction of sp³-hybridized carbons (Fsp3) is 0.478. The number of hydrogen-bond acceptors (Lipinski definition) is 8. The van der Waals surface area contributed by atoms with Crippen molar-refractivity contribution in [2.45, 2.75) is 25.3 Å². The van der Waals surface area contributed by atoms with E-state index in [2.05, 4.69) is 15.2 Å². The molecule has 3 N–H and O–H groups in total. The smallest absolute Gasteiger partial charge is 0.322 e. The average Bonchev–Trinajstić information content (AvgIpc) is 3.02. The van der Waals surface area contributed by atoms with Crippen molar-refractivity contribution in [2.75, 3.05) is 59.3 Å². The molecule has 35 heavy (non-hydrogen) atoms. The standard InChI is InChI=1S/C23H30N6O5S/c30-23-25-19-4-2-1-3-17(19)5-10-28(23)18-6-8-27(9-7-18)22-15-20(21(16-24-22)29(31)32)26-11-13-35(33,34)14-12-26/h1-4,15-16,18,33-34H,5-14H2,(H,25,30). The molecular formula is C23H30N6O5S. The van der Waals surface area contributed by atoms with Crippen LogP contribution >= 0.6 is 10.6 Å². The normalized spacial score (nSPS) is 21.7. The van der Waals surface area contributed by atoms with Crippen molar-refractivity contribution in [2.24, 2.45) is 0 Å². The summed E-state index contributed by atoms with van der Waals surface area (Å²) in [6, 6.07) is 9.68. The second kappa shape index (κ2) is 9.51. The Morgan fingerprint density at radius 2 is 1.77 bits per heavy atom. The first-order chi connectivity index (χ1) is 16.8. The lowest BCUT2D eigenvalue weighted by atomic mass is 10.0. The predicted molar refractivity (Wildman–Crippen MR) is 137 cm³/mol. The van der Waals surface area contributed by atoms with E-state index in [1.54, 1.807) is 6.07 Å².